The van der Waals surface area contributed by atoms with Gasteiger partial charge >= 0.3 is 5.97 Å². The SMILES string of the molecule is COc1ccc(CN2N=C(CCO)C3C(C(=O)O)=CC=NC32)cc1. The minimum atomic E-state index is -0.979. The highest BCUT2D eigenvalue weighted by Crippen LogP contribution is 2.33. The van der Waals surface area contributed by atoms with Crippen LogP contribution in [0, 0.1) is 5.92 Å². The second-order valence-electron chi connectivity index (χ2n) is 5.63. The van der Waals surface area contributed by atoms with Gasteiger partial charge in [0.05, 0.1) is 30.9 Å². The van der Waals surface area contributed by atoms with E-state index in [4.69, 9.17) is 4.74 Å². The summed E-state index contributed by atoms with van der Waals surface area (Å²) < 4.78 is 5.15. The fourth-order valence-corrected chi connectivity index (χ4v) is 3.02. The van der Waals surface area contributed by atoms with Gasteiger partial charge < -0.3 is 14.9 Å². The molecule has 0 aliphatic carbocycles. The van der Waals surface area contributed by atoms with Gasteiger partial charge in [-0.05, 0) is 23.8 Å². The van der Waals surface area contributed by atoms with Crippen LogP contribution >= 0.6 is 0 Å². The van der Waals surface area contributed by atoms with Gasteiger partial charge in [0.2, 0.25) is 0 Å². The number of carboxylic acid groups (broad SMARTS) is 1. The van der Waals surface area contributed by atoms with Gasteiger partial charge in [-0.3, -0.25) is 10.0 Å². The zero-order valence-electron chi connectivity index (χ0n) is 13.3. The highest BCUT2D eigenvalue weighted by Gasteiger charge is 2.42. The van der Waals surface area contributed by atoms with E-state index in [1.54, 1.807) is 12.1 Å². The number of aliphatic hydroxyl groups excluding tert-OH is 1. The predicted octanol–water partition coefficient (Wildman–Crippen LogP) is 1.29. The molecular weight excluding hydrogens is 310 g/mol. The molecule has 7 nitrogen and oxygen atoms in total. The number of hydrogen-bond acceptors (Lipinski definition) is 6. The Balaban J connectivity index is 1.84. The molecule has 0 spiro atoms. The van der Waals surface area contributed by atoms with E-state index in [1.807, 2.05) is 24.3 Å². The molecule has 1 aromatic carbocycles. The third-order valence-corrected chi connectivity index (χ3v) is 4.17. The van der Waals surface area contributed by atoms with Crippen LogP contribution < -0.4 is 4.74 Å². The number of aliphatic hydroxyl groups is 1. The number of ether oxygens (including phenoxy) is 1. The molecule has 2 N–H and O–H groups in total. The molecule has 1 aromatic rings. The molecule has 2 aliphatic heterocycles. The van der Waals surface area contributed by atoms with Crippen LogP contribution in [0.5, 0.6) is 5.75 Å². The Morgan fingerprint density at radius 2 is 2.08 bits per heavy atom. The van der Waals surface area contributed by atoms with Crippen LogP contribution in [0.15, 0.2) is 46.0 Å². The number of hydrazone groups is 1. The molecule has 3 rings (SSSR count). The molecule has 7 heteroatoms. The number of rotatable bonds is 6. The third kappa shape index (κ3) is 3.03. The second-order valence-corrected chi connectivity index (χ2v) is 5.63. The zero-order chi connectivity index (χ0) is 17.1. The zero-order valence-corrected chi connectivity index (χ0v) is 13.3. The standard InChI is InChI=1S/C17H19N3O4/c1-24-12-4-2-11(3-5-12)10-20-16-15(14(19-20)7-9-21)13(17(22)23)6-8-18-16/h2-6,8,15-16,21H,7,9-10H2,1H3,(H,22,23). The molecule has 0 saturated heterocycles. The average molecular weight is 329 g/mol. The minimum absolute atomic E-state index is 0.0744. The number of dihydropyridines is 1. The lowest BCUT2D eigenvalue weighted by Gasteiger charge is -2.27. The number of aliphatic imine (C=N–C) groups is 1. The summed E-state index contributed by atoms with van der Waals surface area (Å²) in [6.45, 7) is 0.430. The van der Waals surface area contributed by atoms with Gasteiger partial charge in [0, 0.05) is 19.2 Å². The summed E-state index contributed by atoms with van der Waals surface area (Å²) in [5.74, 6) is -0.625. The monoisotopic (exact) mass is 329 g/mol. The van der Waals surface area contributed by atoms with E-state index in [1.165, 1.54) is 12.3 Å². The average Bonchev–Trinajstić information content (AvgIpc) is 2.93. The van der Waals surface area contributed by atoms with Crippen molar-refractivity contribution in [2.24, 2.45) is 16.0 Å². The Bertz CT molecular complexity index is 709. The Hall–Kier alpha value is -2.67. The first-order valence-electron chi connectivity index (χ1n) is 7.68. The first kappa shape index (κ1) is 16.2. The van der Waals surface area contributed by atoms with Crippen molar-refractivity contribution in [3.05, 3.63) is 41.5 Å². The van der Waals surface area contributed by atoms with E-state index < -0.39 is 11.9 Å². The highest BCUT2D eigenvalue weighted by molar-refractivity contribution is 6.04. The fraction of sp³-hybridized carbons (Fsp3) is 0.353. The van der Waals surface area contributed by atoms with Crippen molar-refractivity contribution in [2.75, 3.05) is 13.7 Å². The van der Waals surface area contributed by atoms with Gasteiger partial charge in [-0.25, -0.2) is 4.79 Å². The Morgan fingerprint density at radius 1 is 1.33 bits per heavy atom. The number of fused-ring (bicyclic) bond motifs is 1. The van der Waals surface area contributed by atoms with Crippen LogP contribution in [0.1, 0.15) is 12.0 Å². The lowest BCUT2D eigenvalue weighted by Crippen LogP contribution is -2.36. The van der Waals surface area contributed by atoms with Gasteiger partial charge in [0.1, 0.15) is 11.9 Å². The van der Waals surface area contributed by atoms with E-state index in [2.05, 4.69) is 10.1 Å². The summed E-state index contributed by atoms with van der Waals surface area (Å²) in [6, 6.07) is 7.61. The third-order valence-electron chi connectivity index (χ3n) is 4.17. The predicted molar refractivity (Wildman–Crippen MR) is 89.2 cm³/mol. The van der Waals surface area contributed by atoms with Gasteiger partial charge in [-0.1, -0.05) is 12.1 Å². The minimum Gasteiger partial charge on any atom is -0.497 e. The first-order chi connectivity index (χ1) is 11.6. The Kier molecular flexibility index (Phi) is 4.61. The van der Waals surface area contributed by atoms with Crippen molar-refractivity contribution < 1.29 is 19.7 Å². The molecule has 0 aromatic heterocycles. The number of methoxy groups -OCH3 is 1. The summed E-state index contributed by atoms with van der Waals surface area (Å²) in [4.78, 5) is 15.9. The van der Waals surface area contributed by atoms with Crippen molar-refractivity contribution in [3.8, 4) is 5.75 Å². The van der Waals surface area contributed by atoms with Crippen molar-refractivity contribution in [1.29, 1.82) is 0 Å². The van der Waals surface area contributed by atoms with Crippen LogP contribution in [-0.4, -0.2) is 53.0 Å². The number of aliphatic carboxylic acids is 1. The van der Waals surface area contributed by atoms with E-state index in [-0.39, 0.29) is 18.3 Å². The molecule has 2 unspecified atom stereocenters. The molecule has 2 heterocycles. The van der Waals surface area contributed by atoms with E-state index in [9.17, 15) is 15.0 Å². The fourth-order valence-electron chi connectivity index (χ4n) is 3.02. The smallest absolute Gasteiger partial charge is 0.332 e. The van der Waals surface area contributed by atoms with Crippen LogP contribution in [0.2, 0.25) is 0 Å². The molecule has 2 atom stereocenters. The number of nitrogens with zero attached hydrogens (tertiary/aromatic N) is 3. The molecule has 2 aliphatic rings. The Morgan fingerprint density at radius 3 is 2.71 bits per heavy atom. The highest BCUT2D eigenvalue weighted by atomic mass is 16.5. The lowest BCUT2D eigenvalue weighted by molar-refractivity contribution is -0.133. The van der Waals surface area contributed by atoms with Gasteiger partial charge in [0.25, 0.3) is 0 Å². The summed E-state index contributed by atoms with van der Waals surface area (Å²) in [7, 11) is 1.61. The maximum atomic E-state index is 11.5. The van der Waals surface area contributed by atoms with Crippen molar-refractivity contribution in [1.82, 2.24) is 5.01 Å². The molecule has 0 amide bonds. The van der Waals surface area contributed by atoms with Crippen LogP contribution in [-0.2, 0) is 11.3 Å². The normalized spacial score (nSPS) is 22.0. The molecule has 126 valence electrons. The molecular formula is C17H19N3O4. The molecule has 0 radical (unpaired) electrons. The van der Waals surface area contributed by atoms with Gasteiger partial charge in [-0.15, -0.1) is 0 Å². The summed E-state index contributed by atoms with van der Waals surface area (Å²) >= 11 is 0. The summed E-state index contributed by atoms with van der Waals surface area (Å²) in [6.07, 6.45) is 2.97. The topological polar surface area (TPSA) is 94.7 Å². The van der Waals surface area contributed by atoms with E-state index in [0.29, 0.717) is 18.7 Å². The van der Waals surface area contributed by atoms with Crippen molar-refractivity contribution >= 4 is 17.9 Å². The molecule has 0 saturated carbocycles. The summed E-state index contributed by atoms with van der Waals surface area (Å²) in [5, 5.41) is 25.0. The van der Waals surface area contributed by atoms with Gasteiger partial charge in [0.15, 0.2) is 0 Å². The maximum absolute atomic E-state index is 11.5. The Labute approximate surface area is 139 Å². The number of allylic oxidation sites excluding steroid dienone is 1. The van der Waals surface area contributed by atoms with Crippen LogP contribution in [0.3, 0.4) is 0 Å². The van der Waals surface area contributed by atoms with Crippen molar-refractivity contribution in [2.45, 2.75) is 19.1 Å². The first-order valence-corrected chi connectivity index (χ1v) is 7.68. The summed E-state index contributed by atoms with van der Waals surface area (Å²) in [5.41, 5.74) is 1.94. The lowest BCUT2D eigenvalue weighted by atomic mass is 9.88. The van der Waals surface area contributed by atoms with Gasteiger partial charge in [-0.2, -0.15) is 5.10 Å². The van der Waals surface area contributed by atoms with Crippen LogP contribution in [0.25, 0.3) is 0 Å². The number of carbonyl (C=O) groups is 1. The molecule has 0 fully saturated rings. The molecule has 0 bridgehead atoms. The molecule has 24 heavy (non-hydrogen) atoms. The van der Waals surface area contributed by atoms with Crippen molar-refractivity contribution in [3.63, 3.8) is 0 Å². The number of hydrogen-bond donors (Lipinski definition) is 2. The van der Waals surface area contributed by atoms with E-state index >= 15 is 0 Å². The van der Waals surface area contributed by atoms with Crippen LogP contribution in [0.4, 0.5) is 0 Å². The largest absolute Gasteiger partial charge is 0.497 e. The maximum Gasteiger partial charge on any atom is 0.332 e. The number of benzene rings is 1. The second kappa shape index (κ2) is 6.84. The number of carboxylic acids is 1. The quantitative estimate of drug-likeness (QED) is 0.820. The van der Waals surface area contributed by atoms with E-state index in [0.717, 1.165) is 11.3 Å².